The van der Waals surface area contributed by atoms with Crippen LogP contribution >= 0.6 is 27.7 Å². The number of nitrogens with one attached hydrogen (secondary N) is 2. The van der Waals surface area contributed by atoms with Crippen LogP contribution in [-0.4, -0.2) is 33.4 Å². The number of carbonyl (C=O) groups is 2. The lowest BCUT2D eigenvalue weighted by Gasteiger charge is -2.12. The molecule has 3 rings (SSSR count). The zero-order valence-corrected chi connectivity index (χ0v) is 19.2. The molecule has 156 valence electrons. The van der Waals surface area contributed by atoms with E-state index in [1.807, 2.05) is 56.3 Å². The van der Waals surface area contributed by atoms with Gasteiger partial charge in [-0.1, -0.05) is 40.2 Å². The predicted molar refractivity (Wildman–Crippen MR) is 124 cm³/mol. The summed E-state index contributed by atoms with van der Waals surface area (Å²) in [5.74, 6) is 0.572. The molecule has 1 heterocycles. The number of aromatic nitrogens is 2. The van der Waals surface area contributed by atoms with Crippen LogP contribution in [0.4, 0.5) is 5.82 Å². The molecule has 0 saturated carbocycles. The van der Waals surface area contributed by atoms with Crippen LogP contribution in [-0.2, 0) is 11.3 Å². The van der Waals surface area contributed by atoms with Gasteiger partial charge >= 0.3 is 0 Å². The number of halogens is 1. The number of amides is 2. The Kier molecular flexibility index (Phi) is 7.70. The number of rotatable bonds is 8. The standard InChI is InChI=1S/C22H23BrN4O2S/c1-15(2)25-21(28)14-30-19-6-4-3-5-18(19)22(29)26-20-11-12-24-27(20)13-16-7-9-17(23)10-8-16/h3-12,15H,13-14H2,1-2H3,(H,25,28)(H,26,29). The summed E-state index contributed by atoms with van der Waals surface area (Å²) in [5, 5.41) is 10.1. The van der Waals surface area contributed by atoms with Crippen molar-refractivity contribution in [3.63, 3.8) is 0 Å². The minimum absolute atomic E-state index is 0.0576. The van der Waals surface area contributed by atoms with Crippen molar-refractivity contribution in [2.24, 2.45) is 0 Å². The molecule has 1 aromatic heterocycles. The van der Waals surface area contributed by atoms with Crippen LogP contribution in [0.25, 0.3) is 0 Å². The summed E-state index contributed by atoms with van der Waals surface area (Å²) in [4.78, 5) is 25.6. The van der Waals surface area contributed by atoms with E-state index >= 15 is 0 Å². The normalized spacial score (nSPS) is 10.8. The quantitative estimate of drug-likeness (QED) is 0.457. The lowest BCUT2D eigenvalue weighted by Crippen LogP contribution is -2.31. The molecule has 0 unspecified atom stereocenters. The van der Waals surface area contributed by atoms with Crippen LogP contribution in [0.3, 0.4) is 0 Å². The number of hydrogen-bond acceptors (Lipinski definition) is 4. The van der Waals surface area contributed by atoms with E-state index in [9.17, 15) is 9.59 Å². The zero-order chi connectivity index (χ0) is 21.5. The van der Waals surface area contributed by atoms with Crippen molar-refractivity contribution in [2.45, 2.75) is 31.3 Å². The second-order valence-electron chi connectivity index (χ2n) is 6.96. The Morgan fingerprint density at radius 2 is 1.83 bits per heavy atom. The highest BCUT2D eigenvalue weighted by atomic mass is 79.9. The molecule has 0 radical (unpaired) electrons. The van der Waals surface area contributed by atoms with Gasteiger partial charge in [-0.2, -0.15) is 5.10 Å². The summed E-state index contributed by atoms with van der Waals surface area (Å²) in [6, 6.07) is 17.1. The molecule has 0 aliphatic carbocycles. The third-order valence-corrected chi connectivity index (χ3v) is 5.75. The first-order valence-electron chi connectivity index (χ1n) is 9.51. The number of anilines is 1. The summed E-state index contributed by atoms with van der Waals surface area (Å²) >= 11 is 4.78. The second kappa shape index (κ2) is 10.4. The molecule has 0 aliphatic heterocycles. The molecule has 30 heavy (non-hydrogen) atoms. The van der Waals surface area contributed by atoms with Crippen LogP contribution in [0.2, 0.25) is 0 Å². The number of benzene rings is 2. The van der Waals surface area contributed by atoms with Crippen molar-refractivity contribution in [1.29, 1.82) is 0 Å². The lowest BCUT2D eigenvalue weighted by molar-refractivity contribution is -0.119. The predicted octanol–water partition coefficient (Wildman–Crippen LogP) is 4.56. The Labute approximate surface area is 188 Å². The molecule has 2 amide bonds. The zero-order valence-electron chi connectivity index (χ0n) is 16.8. The summed E-state index contributed by atoms with van der Waals surface area (Å²) in [7, 11) is 0. The van der Waals surface area contributed by atoms with Gasteiger partial charge < -0.3 is 10.6 Å². The fraction of sp³-hybridized carbons (Fsp3) is 0.227. The largest absolute Gasteiger partial charge is 0.353 e. The first-order chi connectivity index (χ1) is 14.4. The highest BCUT2D eigenvalue weighted by molar-refractivity contribution is 9.10. The van der Waals surface area contributed by atoms with Gasteiger partial charge in [0.15, 0.2) is 0 Å². The second-order valence-corrected chi connectivity index (χ2v) is 8.89. The molecular formula is C22H23BrN4O2S. The summed E-state index contributed by atoms with van der Waals surface area (Å²) in [6.45, 7) is 4.38. The Hall–Kier alpha value is -2.58. The van der Waals surface area contributed by atoms with E-state index in [-0.39, 0.29) is 23.6 Å². The monoisotopic (exact) mass is 486 g/mol. The number of thioether (sulfide) groups is 1. The van der Waals surface area contributed by atoms with Gasteiger partial charge in [0.1, 0.15) is 5.82 Å². The van der Waals surface area contributed by atoms with E-state index < -0.39 is 0 Å². The Morgan fingerprint density at radius 1 is 1.10 bits per heavy atom. The van der Waals surface area contributed by atoms with Crippen molar-refractivity contribution in [3.05, 3.63) is 76.4 Å². The summed E-state index contributed by atoms with van der Waals surface area (Å²) < 4.78 is 2.75. The molecule has 2 aromatic carbocycles. The van der Waals surface area contributed by atoms with Gasteiger partial charge in [-0.15, -0.1) is 11.8 Å². The molecule has 0 aliphatic rings. The van der Waals surface area contributed by atoms with Gasteiger partial charge in [-0.05, 0) is 43.7 Å². The molecule has 0 atom stereocenters. The SMILES string of the molecule is CC(C)NC(=O)CSc1ccccc1C(=O)Nc1ccnn1Cc1ccc(Br)cc1. The molecular weight excluding hydrogens is 464 g/mol. The average Bonchev–Trinajstić information content (AvgIpc) is 3.14. The van der Waals surface area contributed by atoms with Crippen LogP contribution in [0.15, 0.2) is 70.2 Å². The Morgan fingerprint density at radius 3 is 2.57 bits per heavy atom. The fourth-order valence-corrected chi connectivity index (χ4v) is 3.92. The Balaban J connectivity index is 1.69. The van der Waals surface area contributed by atoms with Gasteiger partial charge in [0, 0.05) is 21.5 Å². The van der Waals surface area contributed by atoms with Crippen LogP contribution in [0.5, 0.6) is 0 Å². The van der Waals surface area contributed by atoms with E-state index in [1.54, 1.807) is 23.0 Å². The van der Waals surface area contributed by atoms with E-state index in [2.05, 4.69) is 31.7 Å². The third kappa shape index (κ3) is 6.21. The van der Waals surface area contributed by atoms with Crippen LogP contribution in [0, 0.1) is 0 Å². The summed E-state index contributed by atoms with van der Waals surface area (Å²) in [5.41, 5.74) is 1.60. The van der Waals surface area contributed by atoms with Crippen molar-refractivity contribution >= 4 is 45.3 Å². The minimum atomic E-state index is -0.236. The van der Waals surface area contributed by atoms with Crippen molar-refractivity contribution in [2.75, 3.05) is 11.1 Å². The maximum Gasteiger partial charge on any atom is 0.257 e. The molecule has 0 fully saturated rings. The molecule has 3 aromatic rings. The topological polar surface area (TPSA) is 76.0 Å². The van der Waals surface area contributed by atoms with E-state index in [0.29, 0.717) is 17.9 Å². The lowest BCUT2D eigenvalue weighted by atomic mass is 10.2. The molecule has 0 spiro atoms. The fourth-order valence-electron chi connectivity index (χ4n) is 2.80. The maximum atomic E-state index is 12.9. The van der Waals surface area contributed by atoms with Gasteiger partial charge in [-0.25, -0.2) is 4.68 Å². The summed E-state index contributed by atoms with van der Waals surface area (Å²) in [6.07, 6.45) is 1.66. The van der Waals surface area contributed by atoms with Gasteiger partial charge in [0.2, 0.25) is 5.91 Å². The average molecular weight is 487 g/mol. The van der Waals surface area contributed by atoms with Crippen LogP contribution < -0.4 is 10.6 Å². The number of hydrogen-bond donors (Lipinski definition) is 2. The van der Waals surface area contributed by atoms with E-state index in [4.69, 9.17) is 0 Å². The van der Waals surface area contributed by atoms with Crippen molar-refractivity contribution < 1.29 is 9.59 Å². The van der Waals surface area contributed by atoms with Crippen molar-refractivity contribution in [3.8, 4) is 0 Å². The first kappa shape index (κ1) is 22.1. The van der Waals surface area contributed by atoms with Gasteiger partial charge in [0.05, 0.1) is 24.1 Å². The number of carbonyl (C=O) groups excluding carboxylic acids is 2. The molecule has 6 nitrogen and oxygen atoms in total. The van der Waals surface area contributed by atoms with Gasteiger partial charge in [0.25, 0.3) is 5.91 Å². The third-order valence-electron chi connectivity index (χ3n) is 4.14. The molecule has 0 bridgehead atoms. The Bertz CT molecular complexity index is 1020. The van der Waals surface area contributed by atoms with Crippen molar-refractivity contribution in [1.82, 2.24) is 15.1 Å². The number of nitrogens with zero attached hydrogens (tertiary/aromatic N) is 2. The highest BCUT2D eigenvalue weighted by Gasteiger charge is 2.15. The maximum absolute atomic E-state index is 12.9. The minimum Gasteiger partial charge on any atom is -0.353 e. The van der Waals surface area contributed by atoms with E-state index in [0.717, 1.165) is 14.9 Å². The van der Waals surface area contributed by atoms with Crippen LogP contribution in [0.1, 0.15) is 29.8 Å². The van der Waals surface area contributed by atoms with E-state index in [1.165, 1.54) is 11.8 Å². The molecule has 2 N–H and O–H groups in total. The molecule has 8 heteroatoms. The highest BCUT2D eigenvalue weighted by Crippen LogP contribution is 2.24. The van der Waals surface area contributed by atoms with Gasteiger partial charge in [-0.3, -0.25) is 9.59 Å². The molecule has 0 saturated heterocycles. The first-order valence-corrected chi connectivity index (χ1v) is 11.3. The smallest absolute Gasteiger partial charge is 0.257 e.